The van der Waals surface area contributed by atoms with Gasteiger partial charge in [-0.05, 0) is 38.3 Å². The van der Waals surface area contributed by atoms with Crippen molar-refractivity contribution >= 4 is 11.8 Å². The maximum Gasteiger partial charge on any atom is 0.196 e. The molecule has 26 heavy (non-hydrogen) atoms. The summed E-state index contributed by atoms with van der Waals surface area (Å²) >= 11 is 1.73. The number of hydrogen-bond acceptors (Lipinski definition) is 4. The van der Waals surface area contributed by atoms with Gasteiger partial charge in [-0.1, -0.05) is 59.8 Å². The molecular formula is C21H23N3OS. The third-order valence-corrected chi connectivity index (χ3v) is 5.69. The number of para-hydroxylation sites is 1. The van der Waals surface area contributed by atoms with Gasteiger partial charge in [-0.3, -0.25) is 4.57 Å². The van der Waals surface area contributed by atoms with Crippen molar-refractivity contribution in [3.8, 4) is 17.1 Å². The molecule has 1 saturated heterocycles. The van der Waals surface area contributed by atoms with E-state index >= 15 is 0 Å². The highest BCUT2D eigenvalue weighted by atomic mass is 32.2. The van der Waals surface area contributed by atoms with Gasteiger partial charge in [0.05, 0.1) is 6.10 Å². The van der Waals surface area contributed by atoms with Crippen molar-refractivity contribution in [2.75, 3.05) is 12.4 Å². The molecule has 0 radical (unpaired) electrons. The van der Waals surface area contributed by atoms with Gasteiger partial charge in [0.25, 0.3) is 0 Å². The molecule has 0 spiro atoms. The Labute approximate surface area is 158 Å². The molecule has 5 heteroatoms. The zero-order valence-corrected chi connectivity index (χ0v) is 15.8. The van der Waals surface area contributed by atoms with Crippen LogP contribution in [0.25, 0.3) is 17.1 Å². The van der Waals surface area contributed by atoms with Gasteiger partial charge in [0, 0.05) is 23.6 Å². The van der Waals surface area contributed by atoms with Gasteiger partial charge in [0.2, 0.25) is 0 Å². The number of rotatable bonds is 5. The molecule has 2 heterocycles. The number of benzene rings is 2. The van der Waals surface area contributed by atoms with Gasteiger partial charge < -0.3 is 4.74 Å². The topological polar surface area (TPSA) is 39.9 Å². The van der Waals surface area contributed by atoms with Crippen LogP contribution in [0.3, 0.4) is 0 Å². The van der Waals surface area contributed by atoms with E-state index in [1.807, 2.05) is 18.2 Å². The molecule has 1 unspecified atom stereocenters. The second-order valence-corrected chi connectivity index (χ2v) is 7.63. The SMILES string of the molecule is Cc1ccc(-c2nnc(SCC3CCCCO3)n2-c2ccccc2)cc1. The Hall–Kier alpha value is -2.11. The third kappa shape index (κ3) is 3.84. The van der Waals surface area contributed by atoms with Crippen LogP contribution in [-0.2, 0) is 4.74 Å². The predicted molar refractivity (Wildman–Crippen MR) is 106 cm³/mol. The molecule has 1 aliphatic heterocycles. The van der Waals surface area contributed by atoms with Crippen LogP contribution >= 0.6 is 11.8 Å². The Bertz CT molecular complexity index is 839. The molecule has 0 aliphatic carbocycles. The summed E-state index contributed by atoms with van der Waals surface area (Å²) < 4.78 is 8.02. The molecule has 4 nitrogen and oxygen atoms in total. The lowest BCUT2D eigenvalue weighted by molar-refractivity contribution is 0.0315. The third-order valence-electron chi connectivity index (χ3n) is 4.63. The summed E-state index contributed by atoms with van der Waals surface area (Å²) in [6, 6.07) is 18.8. The molecule has 4 rings (SSSR count). The van der Waals surface area contributed by atoms with Crippen molar-refractivity contribution < 1.29 is 4.74 Å². The first-order valence-electron chi connectivity index (χ1n) is 9.13. The Balaban J connectivity index is 1.66. The fourth-order valence-corrected chi connectivity index (χ4v) is 4.19. The predicted octanol–water partition coefficient (Wildman–Crippen LogP) is 4.90. The molecule has 1 aromatic heterocycles. The van der Waals surface area contributed by atoms with E-state index in [-0.39, 0.29) is 0 Å². The average molecular weight is 366 g/mol. The van der Waals surface area contributed by atoms with Gasteiger partial charge in [-0.25, -0.2) is 0 Å². The summed E-state index contributed by atoms with van der Waals surface area (Å²) in [5.74, 6) is 1.79. The van der Waals surface area contributed by atoms with E-state index in [4.69, 9.17) is 4.74 Å². The minimum Gasteiger partial charge on any atom is -0.377 e. The summed E-state index contributed by atoms with van der Waals surface area (Å²) in [6.07, 6.45) is 3.89. The van der Waals surface area contributed by atoms with Crippen LogP contribution < -0.4 is 0 Å². The van der Waals surface area contributed by atoms with E-state index < -0.39 is 0 Å². The normalized spacial score (nSPS) is 17.3. The Kier molecular flexibility index (Phi) is 5.37. The molecular weight excluding hydrogens is 342 g/mol. The molecule has 0 bridgehead atoms. The van der Waals surface area contributed by atoms with Crippen molar-refractivity contribution in [2.45, 2.75) is 37.4 Å². The van der Waals surface area contributed by atoms with E-state index in [0.717, 1.165) is 41.0 Å². The van der Waals surface area contributed by atoms with Gasteiger partial charge in [-0.15, -0.1) is 10.2 Å². The summed E-state index contributed by atoms with van der Waals surface area (Å²) in [5.41, 5.74) is 3.40. The minimum absolute atomic E-state index is 0.317. The summed E-state index contributed by atoms with van der Waals surface area (Å²) in [6.45, 7) is 2.97. The highest BCUT2D eigenvalue weighted by molar-refractivity contribution is 7.99. The van der Waals surface area contributed by atoms with E-state index in [1.165, 1.54) is 18.4 Å². The van der Waals surface area contributed by atoms with Gasteiger partial charge >= 0.3 is 0 Å². The zero-order chi connectivity index (χ0) is 17.8. The Morgan fingerprint density at radius 3 is 2.58 bits per heavy atom. The molecule has 0 N–H and O–H groups in total. The summed E-state index contributed by atoms with van der Waals surface area (Å²) in [5, 5.41) is 9.92. The smallest absolute Gasteiger partial charge is 0.196 e. The molecule has 3 aromatic rings. The van der Waals surface area contributed by atoms with Crippen LogP contribution in [0.4, 0.5) is 0 Å². The molecule has 134 valence electrons. The fourth-order valence-electron chi connectivity index (χ4n) is 3.17. The minimum atomic E-state index is 0.317. The van der Waals surface area contributed by atoms with E-state index in [2.05, 4.69) is 58.1 Å². The number of aromatic nitrogens is 3. The molecule has 1 aliphatic rings. The maximum absolute atomic E-state index is 5.87. The van der Waals surface area contributed by atoms with Crippen LogP contribution in [0.2, 0.25) is 0 Å². The summed E-state index contributed by atoms with van der Waals surface area (Å²) in [7, 11) is 0. The van der Waals surface area contributed by atoms with Crippen molar-refractivity contribution in [1.82, 2.24) is 14.8 Å². The first-order valence-corrected chi connectivity index (χ1v) is 10.1. The van der Waals surface area contributed by atoms with Gasteiger partial charge in [0.1, 0.15) is 0 Å². The molecule has 1 fully saturated rings. The first-order chi connectivity index (χ1) is 12.8. The van der Waals surface area contributed by atoms with Crippen LogP contribution in [0.15, 0.2) is 59.8 Å². The first kappa shape index (κ1) is 17.3. The molecule has 1 atom stereocenters. The number of nitrogens with zero attached hydrogens (tertiary/aromatic N) is 3. The largest absolute Gasteiger partial charge is 0.377 e. The van der Waals surface area contributed by atoms with Crippen LogP contribution in [0.5, 0.6) is 0 Å². The van der Waals surface area contributed by atoms with E-state index in [0.29, 0.717) is 6.10 Å². The molecule has 0 amide bonds. The van der Waals surface area contributed by atoms with Crippen molar-refractivity contribution in [1.29, 1.82) is 0 Å². The lowest BCUT2D eigenvalue weighted by Crippen LogP contribution is -2.21. The number of ether oxygens (including phenoxy) is 1. The maximum atomic E-state index is 5.87. The number of hydrogen-bond donors (Lipinski definition) is 0. The lowest BCUT2D eigenvalue weighted by atomic mass is 10.1. The zero-order valence-electron chi connectivity index (χ0n) is 15.0. The molecule has 0 saturated carbocycles. The highest BCUT2D eigenvalue weighted by Crippen LogP contribution is 2.29. The van der Waals surface area contributed by atoms with Gasteiger partial charge in [0.15, 0.2) is 11.0 Å². The van der Waals surface area contributed by atoms with Crippen molar-refractivity contribution in [3.63, 3.8) is 0 Å². The average Bonchev–Trinajstić information content (AvgIpc) is 3.12. The fraction of sp³-hybridized carbons (Fsp3) is 0.333. The molecule has 2 aromatic carbocycles. The number of thioether (sulfide) groups is 1. The van der Waals surface area contributed by atoms with E-state index in [9.17, 15) is 0 Å². The van der Waals surface area contributed by atoms with Gasteiger partial charge in [-0.2, -0.15) is 0 Å². The standard InChI is InChI=1S/C21H23N3OS/c1-16-10-12-17(13-11-16)20-22-23-21(24(20)18-7-3-2-4-8-18)26-15-19-9-5-6-14-25-19/h2-4,7-8,10-13,19H,5-6,9,14-15H2,1H3. The highest BCUT2D eigenvalue weighted by Gasteiger charge is 2.19. The second-order valence-electron chi connectivity index (χ2n) is 6.64. The quantitative estimate of drug-likeness (QED) is 0.603. The van der Waals surface area contributed by atoms with Crippen LogP contribution in [0.1, 0.15) is 24.8 Å². The van der Waals surface area contributed by atoms with Crippen LogP contribution in [0, 0.1) is 6.92 Å². The monoisotopic (exact) mass is 365 g/mol. The number of aryl methyl sites for hydroxylation is 1. The Morgan fingerprint density at radius 1 is 1.04 bits per heavy atom. The van der Waals surface area contributed by atoms with E-state index in [1.54, 1.807) is 11.8 Å². The summed E-state index contributed by atoms with van der Waals surface area (Å²) in [4.78, 5) is 0. The second kappa shape index (κ2) is 8.06. The Morgan fingerprint density at radius 2 is 1.85 bits per heavy atom. The van der Waals surface area contributed by atoms with Crippen LogP contribution in [-0.4, -0.2) is 33.2 Å². The van der Waals surface area contributed by atoms with Crippen molar-refractivity contribution in [2.24, 2.45) is 0 Å². The lowest BCUT2D eigenvalue weighted by Gasteiger charge is -2.22. The van der Waals surface area contributed by atoms with Crippen molar-refractivity contribution in [3.05, 3.63) is 60.2 Å².